The van der Waals surface area contributed by atoms with Crippen LogP contribution in [-0.2, 0) is 4.74 Å². The molecule has 0 radical (unpaired) electrons. The molecule has 1 aliphatic heterocycles. The summed E-state index contributed by atoms with van der Waals surface area (Å²) < 4.78 is 11.1. The second-order valence-corrected chi connectivity index (χ2v) is 6.15. The first kappa shape index (κ1) is 14.5. The van der Waals surface area contributed by atoms with Crippen LogP contribution in [0.1, 0.15) is 26.3 Å². The summed E-state index contributed by atoms with van der Waals surface area (Å²) in [5.74, 6) is 0.813. The van der Waals surface area contributed by atoms with Crippen molar-refractivity contribution in [1.29, 1.82) is 0 Å². The van der Waals surface area contributed by atoms with E-state index in [-0.39, 0.29) is 12.2 Å². The van der Waals surface area contributed by atoms with E-state index in [9.17, 15) is 4.79 Å². The van der Waals surface area contributed by atoms with E-state index < -0.39 is 5.60 Å². The highest BCUT2D eigenvalue weighted by atomic mass is 16.6. The SMILES string of the molecule is Cc1cc(N)ccc1OC1CN(C(=O)OC(C)(C)C)C1. The molecule has 1 amide bonds. The maximum Gasteiger partial charge on any atom is 0.410 e. The van der Waals surface area contributed by atoms with E-state index >= 15 is 0 Å². The average Bonchev–Trinajstić information content (AvgIpc) is 2.22. The molecule has 1 aliphatic rings. The fourth-order valence-electron chi connectivity index (χ4n) is 1.97. The monoisotopic (exact) mass is 278 g/mol. The maximum atomic E-state index is 11.8. The van der Waals surface area contributed by atoms with Gasteiger partial charge < -0.3 is 20.1 Å². The number of hydrogen-bond donors (Lipinski definition) is 1. The predicted molar refractivity (Wildman–Crippen MR) is 77.8 cm³/mol. The van der Waals surface area contributed by atoms with Crippen molar-refractivity contribution in [3.63, 3.8) is 0 Å². The van der Waals surface area contributed by atoms with Crippen LogP contribution in [0.3, 0.4) is 0 Å². The number of benzene rings is 1. The molecular formula is C15H22N2O3. The lowest BCUT2D eigenvalue weighted by molar-refractivity contribution is -0.0222. The molecule has 1 fully saturated rings. The predicted octanol–water partition coefficient (Wildman–Crippen LogP) is 2.58. The first-order chi connectivity index (χ1) is 9.24. The summed E-state index contributed by atoms with van der Waals surface area (Å²) in [6.07, 6.45) is -0.267. The van der Waals surface area contributed by atoms with Gasteiger partial charge in [0.2, 0.25) is 0 Å². The van der Waals surface area contributed by atoms with Gasteiger partial charge in [0.25, 0.3) is 0 Å². The van der Waals surface area contributed by atoms with Crippen LogP contribution in [0.25, 0.3) is 0 Å². The first-order valence-corrected chi connectivity index (χ1v) is 6.75. The number of rotatable bonds is 2. The Bertz CT molecular complexity index is 502. The van der Waals surface area contributed by atoms with Gasteiger partial charge in [-0.15, -0.1) is 0 Å². The van der Waals surface area contributed by atoms with Gasteiger partial charge in [-0.05, 0) is 51.5 Å². The molecule has 0 saturated carbocycles. The van der Waals surface area contributed by atoms with E-state index in [1.54, 1.807) is 4.90 Å². The number of anilines is 1. The number of ether oxygens (including phenoxy) is 2. The summed E-state index contributed by atoms with van der Waals surface area (Å²) in [4.78, 5) is 13.4. The fraction of sp³-hybridized carbons (Fsp3) is 0.533. The maximum absolute atomic E-state index is 11.8. The Kier molecular flexibility index (Phi) is 3.79. The number of hydrogen-bond acceptors (Lipinski definition) is 4. The molecule has 1 aromatic rings. The molecule has 0 unspecified atom stereocenters. The lowest BCUT2D eigenvalue weighted by Gasteiger charge is -2.39. The second-order valence-electron chi connectivity index (χ2n) is 6.15. The van der Waals surface area contributed by atoms with Crippen molar-refractivity contribution < 1.29 is 14.3 Å². The lowest BCUT2D eigenvalue weighted by Crippen LogP contribution is -2.57. The molecule has 1 heterocycles. The molecule has 5 heteroatoms. The van der Waals surface area contributed by atoms with Gasteiger partial charge in [-0.25, -0.2) is 4.79 Å². The van der Waals surface area contributed by atoms with Crippen molar-refractivity contribution in [3.8, 4) is 5.75 Å². The van der Waals surface area contributed by atoms with Crippen molar-refractivity contribution in [2.24, 2.45) is 0 Å². The third-order valence-electron chi connectivity index (χ3n) is 2.99. The highest BCUT2D eigenvalue weighted by molar-refractivity contribution is 5.69. The zero-order valence-electron chi connectivity index (χ0n) is 12.5. The smallest absolute Gasteiger partial charge is 0.410 e. The third-order valence-corrected chi connectivity index (χ3v) is 2.99. The summed E-state index contributed by atoms with van der Waals surface area (Å²) in [5.41, 5.74) is 6.96. The number of nitrogens with two attached hydrogens (primary N) is 1. The number of amides is 1. The number of nitrogen functional groups attached to an aromatic ring is 1. The number of carbonyl (C=O) groups is 1. The summed E-state index contributed by atoms with van der Waals surface area (Å²) in [7, 11) is 0. The summed E-state index contributed by atoms with van der Waals surface area (Å²) in [5, 5.41) is 0. The van der Waals surface area contributed by atoms with Gasteiger partial charge in [-0.1, -0.05) is 0 Å². The van der Waals surface area contributed by atoms with Gasteiger partial charge in [0, 0.05) is 5.69 Å². The Morgan fingerprint density at radius 3 is 2.55 bits per heavy atom. The molecule has 0 aliphatic carbocycles. The van der Waals surface area contributed by atoms with Gasteiger partial charge in [0.1, 0.15) is 17.5 Å². The first-order valence-electron chi connectivity index (χ1n) is 6.75. The normalized spacial score (nSPS) is 15.7. The average molecular weight is 278 g/mol. The number of aryl methyl sites for hydroxylation is 1. The Labute approximate surface area is 119 Å². The zero-order chi connectivity index (χ0) is 14.9. The van der Waals surface area contributed by atoms with Gasteiger partial charge in [-0.3, -0.25) is 0 Å². The molecule has 20 heavy (non-hydrogen) atoms. The van der Waals surface area contributed by atoms with Gasteiger partial charge in [-0.2, -0.15) is 0 Å². The third kappa shape index (κ3) is 3.56. The number of carbonyl (C=O) groups excluding carboxylic acids is 1. The fourth-order valence-corrected chi connectivity index (χ4v) is 1.97. The van der Waals surface area contributed by atoms with E-state index in [4.69, 9.17) is 15.2 Å². The van der Waals surface area contributed by atoms with Crippen LogP contribution in [0.5, 0.6) is 5.75 Å². The van der Waals surface area contributed by atoms with Crippen LogP contribution in [-0.4, -0.2) is 35.8 Å². The van der Waals surface area contributed by atoms with Crippen LogP contribution in [0.15, 0.2) is 18.2 Å². The second kappa shape index (κ2) is 5.23. The number of likely N-dealkylation sites (tertiary alicyclic amines) is 1. The molecule has 0 spiro atoms. The van der Waals surface area contributed by atoms with E-state index in [0.29, 0.717) is 13.1 Å². The minimum atomic E-state index is -0.462. The van der Waals surface area contributed by atoms with Gasteiger partial charge >= 0.3 is 6.09 Å². The van der Waals surface area contributed by atoms with Crippen LogP contribution in [0.2, 0.25) is 0 Å². The van der Waals surface area contributed by atoms with Crippen LogP contribution in [0.4, 0.5) is 10.5 Å². The minimum Gasteiger partial charge on any atom is -0.486 e. The highest BCUT2D eigenvalue weighted by Gasteiger charge is 2.35. The van der Waals surface area contributed by atoms with Crippen molar-refractivity contribution in [1.82, 2.24) is 4.90 Å². The molecule has 1 saturated heterocycles. The molecule has 5 nitrogen and oxygen atoms in total. The largest absolute Gasteiger partial charge is 0.486 e. The summed E-state index contributed by atoms with van der Waals surface area (Å²) >= 11 is 0. The van der Waals surface area contributed by atoms with Crippen molar-refractivity contribution >= 4 is 11.8 Å². The van der Waals surface area contributed by atoms with E-state index in [0.717, 1.165) is 17.0 Å². The van der Waals surface area contributed by atoms with Gasteiger partial charge in [0.15, 0.2) is 0 Å². The highest BCUT2D eigenvalue weighted by Crippen LogP contribution is 2.24. The molecule has 1 aromatic carbocycles. The topological polar surface area (TPSA) is 64.8 Å². The molecule has 2 rings (SSSR count). The molecule has 0 atom stereocenters. The van der Waals surface area contributed by atoms with Crippen LogP contribution >= 0.6 is 0 Å². The number of nitrogens with zero attached hydrogens (tertiary/aromatic N) is 1. The molecular weight excluding hydrogens is 256 g/mol. The zero-order valence-corrected chi connectivity index (χ0v) is 12.5. The standard InChI is InChI=1S/C15H22N2O3/c1-10-7-11(16)5-6-13(10)19-12-8-17(9-12)14(18)20-15(2,3)4/h5-7,12H,8-9,16H2,1-4H3. The van der Waals surface area contributed by atoms with E-state index in [2.05, 4.69) is 0 Å². The minimum absolute atomic E-state index is 0.0184. The van der Waals surface area contributed by atoms with Gasteiger partial charge in [0.05, 0.1) is 13.1 Å². The van der Waals surface area contributed by atoms with E-state index in [1.165, 1.54) is 0 Å². The van der Waals surface area contributed by atoms with Crippen LogP contribution < -0.4 is 10.5 Å². The Hall–Kier alpha value is -1.91. The Morgan fingerprint density at radius 2 is 2.00 bits per heavy atom. The van der Waals surface area contributed by atoms with Crippen molar-refractivity contribution in [2.45, 2.75) is 39.4 Å². The summed E-state index contributed by atoms with van der Waals surface area (Å²) in [6.45, 7) is 8.64. The Morgan fingerprint density at radius 1 is 1.35 bits per heavy atom. The van der Waals surface area contributed by atoms with E-state index in [1.807, 2.05) is 45.9 Å². The summed E-state index contributed by atoms with van der Waals surface area (Å²) in [6, 6.07) is 5.55. The lowest BCUT2D eigenvalue weighted by atomic mass is 10.1. The van der Waals surface area contributed by atoms with Crippen LogP contribution in [0, 0.1) is 6.92 Å². The molecule has 0 aromatic heterocycles. The Balaban J connectivity index is 1.83. The van der Waals surface area contributed by atoms with Crippen molar-refractivity contribution in [3.05, 3.63) is 23.8 Å². The quantitative estimate of drug-likeness (QED) is 0.844. The van der Waals surface area contributed by atoms with Crippen molar-refractivity contribution in [2.75, 3.05) is 18.8 Å². The molecule has 110 valence electrons. The molecule has 2 N–H and O–H groups in total. The molecule has 0 bridgehead atoms.